The number of carbonyl (C=O) groups excluding carboxylic acids is 2. The maximum Gasteiger partial charge on any atom is 0.237 e. The summed E-state index contributed by atoms with van der Waals surface area (Å²) in [6, 6.07) is 8.28. The summed E-state index contributed by atoms with van der Waals surface area (Å²) in [5, 5.41) is 0. The topological polar surface area (TPSA) is 43.9 Å². The summed E-state index contributed by atoms with van der Waals surface area (Å²) < 4.78 is 0. The minimum absolute atomic E-state index is 0.0780. The number of amides is 2. The molecule has 0 fully saturated rings. The Morgan fingerprint density at radius 1 is 1.09 bits per heavy atom. The van der Waals surface area contributed by atoms with Crippen molar-refractivity contribution in [3.8, 4) is 0 Å². The van der Waals surface area contributed by atoms with Crippen LogP contribution >= 0.6 is 0 Å². The number of hydrogen-bond donors (Lipinski definition) is 0. The van der Waals surface area contributed by atoms with Gasteiger partial charge in [-0.15, -0.1) is 0 Å². The Morgan fingerprint density at radius 2 is 1.74 bits per heavy atom. The maximum absolute atomic E-state index is 12.5. The van der Waals surface area contributed by atoms with E-state index in [1.165, 1.54) is 11.1 Å². The zero-order valence-corrected chi connectivity index (χ0v) is 14.4. The summed E-state index contributed by atoms with van der Waals surface area (Å²) in [5.74, 6) is 0.170. The fraction of sp³-hybridized carbons (Fsp3) is 0.556. The van der Waals surface area contributed by atoms with E-state index in [4.69, 9.17) is 0 Å². The van der Waals surface area contributed by atoms with E-state index in [0.29, 0.717) is 19.6 Å². The lowest BCUT2D eigenvalue weighted by Gasteiger charge is -2.30. The molecule has 1 aromatic carbocycles. The second-order valence-corrected chi connectivity index (χ2v) is 6.07. The van der Waals surface area contributed by atoms with Gasteiger partial charge in [0.1, 0.15) is 0 Å². The van der Waals surface area contributed by atoms with Crippen molar-refractivity contribution >= 4 is 11.8 Å². The molecule has 23 heavy (non-hydrogen) atoms. The third-order valence-electron chi connectivity index (χ3n) is 4.41. The first kappa shape index (κ1) is 17.5. The van der Waals surface area contributed by atoms with E-state index >= 15 is 0 Å². The molecule has 0 atom stereocenters. The van der Waals surface area contributed by atoms with Crippen molar-refractivity contribution in [1.29, 1.82) is 0 Å². The van der Waals surface area contributed by atoms with Crippen molar-refractivity contribution in [2.75, 3.05) is 39.8 Å². The molecule has 0 unspecified atom stereocenters. The predicted molar refractivity (Wildman–Crippen MR) is 91.0 cm³/mol. The molecule has 2 amide bonds. The lowest BCUT2D eigenvalue weighted by molar-refractivity contribution is -0.135. The molecule has 1 heterocycles. The number of rotatable bonds is 6. The summed E-state index contributed by atoms with van der Waals surface area (Å²) in [6.07, 6.45) is 0.907. The molecule has 0 saturated carbocycles. The van der Waals surface area contributed by atoms with Gasteiger partial charge in [0.25, 0.3) is 0 Å². The number of carbonyl (C=O) groups is 2. The summed E-state index contributed by atoms with van der Waals surface area (Å²) in [6.45, 7) is 7.36. The van der Waals surface area contributed by atoms with Gasteiger partial charge in [-0.05, 0) is 38.4 Å². The van der Waals surface area contributed by atoms with Gasteiger partial charge in [0, 0.05) is 26.2 Å². The van der Waals surface area contributed by atoms with Crippen molar-refractivity contribution in [2.24, 2.45) is 0 Å². The van der Waals surface area contributed by atoms with Crippen LogP contribution in [0.25, 0.3) is 0 Å². The van der Waals surface area contributed by atoms with Crippen LogP contribution in [-0.2, 0) is 22.6 Å². The molecule has 0 saturated heterocycles. The van der Waals surface area contributed by atoms with Crippen molar-refractivity contribution in [2.45, 2.75) is 26.8 Å². The highest BCUT2D eigenvalue weighted by atomic mass is 16.2. The Kier molecular flexibility index (Phi) is 6.16. The molecular formula is C18H27N3O2. The van der Waals surface area contributed by atoms with Crippen molar-refractivity contribution < 1.29 is 9.59 Å². The number of hydrogen-bond acceptors (Lipinski definition) is 3. The molecular weight excluding hydrogens is 290 g/mol. The molecule has 0 aromatic heterocycles. The number of nitrogens with zero attached hydrogens (tertiary/aromatic N) is 3. The second-order valence-electron chi connectivity index (χ2n) is 6.07. The zero-order chi connectivity index (χ0) is 16.8. The van der Waals surface area contributed by atoms with E-state index in [1.807, 2.05) is 42.8 Å². The van der Waals surface area contributed by atoms with Crippen LogP contribution in [0.4, 0.5) is 0 Å². The monoisotopic (exact) mass is 317 g/mol. The van der Waals surface area contributed by atoms with Crippen LogP contribution in [0, 0.1) is 0 Å². The third-order valence-corrected chi connectivity index (χ3v) is 4.41. The standard InChI is InChI=1S/C18H27N3O2/c1-4-20(5-2)17(22)13-19(3)14-18(23)21-11-10-15-8-6-7-9-16(15)12-21/h6-9H,4-5,10-14H2,1-3H3. The van der Waals surface area contributed by atoms with Gasteiger partial charge in [-0.2, -0.15) is 0 Å². The lowest BCUT2D eigenvalue weighted by Crippen LogP contribution is -2.45. The lowest BCUT2D eigenvalue weighted by atomic mass is 10.00. The van der Waals surface area contributed by atoms with E-state index in [0.717, 1.165) is 13.0 Å². The van der Waals surface area contributed by atoms with Crippen molar-refractivity contribution in [3.05, 3.63) is 35.4 Å². The Balaban J connectivity index is 1.86. The SMILES string of the molecule is CCN(CC)C(=O)CN(C)CC(=O)N1CCc2ccccc2C1. The van der Waals surface area contributed by atoms with Crippen LogP contribution in [0.2, 0.25) is 0 Å². The molecule has 1 aromatic rings. The van der Waals surface area contributed by atoms with Gasteiger partial charge >= 0.3 is 0 Å². The molecule has 0 aliphatic carbocycles. The Bertz CT molecular complexity index is 555. The maximum atomic E-state index is 12.5. The van der Waals surface area contributed by atoms with E-state index in [-0.39, 0.29) is 24.9 Å². The predicted octanol–water partition coefficient (Wildman–Crippen LogP) is 1.37. The second kappa shape index (κ2) is 8.11. The molecule has 5 heteroatoms. The normalized spacial score (nSPS) is 13.8. The number of likely N-dealkylation sites (N-methyl/N-ethyl adjacent to an activating group) is 2. The van der Waals surface area contributed by atoms with E-state index in [1.54, 1.807) is 4.90 Å². The summed E-state index contributed by atoms with van der Waals surface area (Å²) in [5.41, 5.74) is 2.57. The largest absolute Gasteiger partial charge is 0.342 e. The molecule has 1 aliphatic heterocycles. The Hall–Kier alpha value is -1.88. The third kappa shape index (κ3) is 4.55. The van der Waals surface area contributed by atoms with Gasteiger partial charge in [-0.3, -0.25) is 14.5 Å². The minimum atomic E-state index is 0.0780. The molecule has 2 rings (SSSR count). The fourth-order valence-corrected chi connectivity index (χ4v) is 3.00. The van der Waals surface area contributed by atoms with Crippen LogP contribution in [0.15, 0.2) is 24.3 Å². The first-order chi connectivity index (χ1) is 11.0. The summed E-state index contributed by atoms with van der Waals surface area (Å²) in [4.78, 5) is 30.1. The van der Waals surface area contributed by atoms with Gasteiger partial charge in [0.15, 0.2) is 0 Å². The molecule has 5 nitrogen and oxygen atoms in total. The highest BCUT2D eigenvalue weighted by Crippen LogP contribution is 2.18. The molecule has 0 bridgehead atoms. The van der Waals surface area contributed by atoms with E-state index in [2.05, 4.69) is 12.1 Å². The highest BCUT2D eigenvalue weighted by molar-refractivity contribution is 5.81. The number of benzene rings is 1. The fourth-order valence-electron chi connectivity index (χ4n) is 3.00. The smallest absolute Gasteiger partial charge is 0.237 e. The first-order valence-electron chi connectivity index (χ1n) is 8.36. The highest BCUT2D eigenvalue weighted by Gasteiger charge is 2.22. The van der Waals surface area contributed by atoms with Gasteiger partial charge in [0.05, 0.1) is 13.1 Å². The molecule has 0 N–H and O–H groups in total. The quantitative estimate of drug-likeness (QED) is 0.796. The average molecular weight is 317 g/mol. The van der Waals surface area contributed by atoms with Crippen LogP contribution < -0.4 is 0 Å². The first-order valence-corrected chi connectivity index (χ1v) is 8.36. The molecule has 126 valence electrons. The van der Waals surface area contributed by atoms with E-state index in [9.17, 15) is 9.59 Å². The summed E-state index contributed by atoms with van der Waals surface area (Å²) in [7, 11) is 1.83. The van der Waals surface area contributed by atoms with Gasteiger partial charge in [0.2, 0.25) is 11.8 Å². The minimum Gasteiger partial charge on any atom is -0.342 e. The van der Waals surface area contributed by atoms with Crippen LogP contribution in [0.1, 0.15) is 25.0 Å². The van der Waals surface area contributed by atoms with Crippen molar-refractivity contribution in [1.82, 2.24) is 14.7 Å². The van der Waals surface area contributed by atoms with Crippen LogP contribution in [0.5, 0.6) is 0 Å². The Morgan fingerprint density at radius 3 is 2.39 bits per heavy atom. The zero-order valence-electron chi connectivity index (χ0n) is 14.4. The van der Waals surface area contributed by atoms with Crippen LogP contribution in [-0.4, -0.2) is 66.3 Å². The number of fused-ring (bicyclic) bond motifs is 1. The summed E-state index contributed by atoms with van der Waals surface area (Å²) >= 11 is 0. The van der Waals surface area contributed by atoms with E-state index < -0.39 is 0 Å². The van der Waals surface area contributed by atoms with Gasteiger partial charge < -0.3 is 9.80 Å². The van der Waals surface area contributed by atoms with Gasteiger partial charge in [-0.25, -0.2) is 0 Å². The molecule has 0 spiro atoms. The van der Waals surface area contributed by atoms with Crippen molar-refractivity contribution in [3.63, 3.8) is 0 Å². The Labute approximate surface area is 138 Å². The van der Waals surface area contributed by atoms with Gasteiger partial charge in [-0.1, -0.05) is 24.3 Å². The molecule has 0 radical (unpaired) electrons. The average Bonchev–Trinajstić information content (AvgIpc) is 2.55. The molecule has 1 aliphatic rings. The van der Waals surface area contributed by atoms with Crippen LogP contribution in [0.3, 0.4) is 0 Å².